The highest BCUT2D eigenvalue weighted by molar-refractivity contribution is 6.32. The number of ether oxygens (including phenoxy) is 1. The average Bonchev–Trinajstić information content (AvgIpc) is 2.50. The lowest BCUT2D eigenvalue weighted by molar-refractivity contribution is 0.481. The van der Waals surface area contributed by atoms with Crippen LogP contribution in [-0.2, 0) is 6.54 Å². The van der Waals surface area contributed by atoms with Crippen LogP contribution in [0.1, 0.15) is 11.1 Å². The first-order valence-corrected chi connectivity index (χ1v) is 7.07. The lowest BCUT2D eigenvalue weighted by Gasteiger charge is -2.14. The molecule has 106 valence electrons. The van der Waals surface area contributed by atoms with Crippen LogP contribution in [0.15, 0.2) is 48.7 Å². The second-order valence-corrected chi connectivity index (χ2v) is 5.28. The van der Waals surface area contributed by atoms with Gasteiger partial charge in [0, 0.05) is 23.7 Å². The molecule has 0 aliphatic carbocycles. The Balaban J connectivity index is 2.14. The van der Waals surface area contributed by atoms with Gasteiger partial charge < -0.3 is 10.5 Å². The standard InChI is InChI=1S/C17H15ClN2O/c1-11-6-7-16(14(18)8-11)21-17-12(9-19)10-20-15-5-3-2-4-13(15)17/h2-8,10H,9,19H2,1H3. The molecule has 1 aromatic heterocycles. The van der Waals surface area contributed by atoms with Gasteiger partial charge in [-0.25, -0.2) is 0 Å². The summed E-state index contributed by atoms with van der Waals surface area (Å²) in [5, 5.41) is 1.51. The van der Waals surface area contributed by atoms with E-state index in [1.807, 2.05) is 49.4 Å². The molecule has 2 aromatic carbocycles. The molecule has 0 atom stereocenters. The van der Waals surface area contributed by atoms with Crippen molar-refractivity contribution in [3.8, 4) is 11.5 Å². The molecule has 0 radical (unpaired) electrons. The fraction of sp³-hybridized carbons (Fsp3) is 0.118. The molecular weight excluding hydrogens is 284 g/mol. The van der Waals surface area contributed by atoms with Gasteiger partial charge in [-0.1, -0.05) is 29.8 Å². The number of pyridine rings is 1. The van der Waals surface area contributed by atoms with Crippen molar-refractivity contribution in [1.82, 2.24) is 4.98 Å². The second kappa shape index (κ2) is 5.72. The highest BCUT2D eigenvalue weighted by Gasteiger charge is 2.12. The summed E-state index contributed by atoms with van der Waals surface area (Å²) in [6.45, 7) is 2.35. The molecule has 4 heteroatoms. The lowest BCUT2D eigenvalue weighted by Crippen LogP contribution is -2.01. The van der Waals surface area contributed by atoms with Crippen molar-refractivity contribution in [3.63, 3.8) is 0 Å². The van der Waals surface area contributed by atoms with Gasteiger partial charge in [0.2, 0.25) is 0 Å². The van der Waals surface area contributed by atoms with Gasteiger partial charge in [-0.2, -0.15) is 0 Å². The fourth-order valence-corrected chi connectivity index (χ4v) is 2.50. The minimum absolute atomic E-state index is 0.358. The van der Waals surface area contributed by atoms with Crippen LogP contribution < -0.4 is 10.5 Å². The first kappa shape index (κ1) is 13.9. The van der Waals surface area contributed by atoms with E-state index in [1.165, 1.54) is 0 Å². The van der Waals surface area contributed by atoms with Crippen LogP contribution in [0, 0.1) is 6.92 Å². The van der Waals surface area contributed by atoms with Crippen molar-refractivity contribution in [2.24, 2.45) is 5.73 Å². The van der Waals surface area contributed by atoms with E-state index in [2.05, 4.69) is 4.98 Å². The van der Waals surface area contributed by atoms with Crippen LogP contribution in [0.3, 0.4) is 0 Å². The predicted octanol–water partition coefficient (Wildman–Crippen LogP) is 4.45. The normalized spacial score (nSPS) is 10.8. The Morgan fingerprint density at radius 3 is 2.76 bits per heavy atom. The van der Waals surface area contributed by atoms with Gasteiger partial charge >= 0.3 is 0 Å². The summed E-state index contributed by atoms with van der Waals surface area (Å²) in [6, 6.07) is 13.5. The van der Waals surface area contributed by atoms with Crippen LogP contribution >= 0.6 is 11.6 Å². The number of para-hydroxylation sites is 1. The van der Waals surface area contributed by atoms with E-state index in [0.29, 0.717) is 23.1 Å². The summed E-state index contributed by atoms with van der Waals surface area (Å²) < 4.78 is 6.05. The Labute approximate surface area is 128 Å². The van der Waals surface area contributed by atoms with Gasteiger partial charge in [0.25, 0.3) is 0 Å². The van der Waals surface area contributed by atoms with E-state index in [0.717, 1.165) is 22.0 Å². The van der Waals surface area contributed by atoms with Crippen molar-refractivity contribution >= 4 is 22.5 Å². The molecule has 0 aliphatic heterocycles. The van der Waals surface area contributed by atoms with Crippen LogP contribution in [0.2, 0.25) is 5.02 Å². The van der Waals surface area contributed by atoms with E-state index in [4.69, 9.17) is 22.1 Å². The molecule has 2 N–H and O–H groups in total. The SMILES string of the molecule is Cc1ccc(Oc2c(CN)cnc3ccccc23)c(Cl)c1. The summed E-state index contributed by atoms with van der Waals surface area (Å²) in [6.07, 6.45) is 1.75. The van der Waals surface area contributed by atoms with Crippen molar-refractivity contribution < 1.29 is 4.74 Å². The molecule has 0 saturated carbocycles. The van der Waals surface area contributed by atoms with Crippen molar-refractivity contribution in [2.45, 2.75) is 13.5 Å². The maximum Gasteiger partial charge on any atom is 0.146 e. The summed E-state index contributed by atoms with van der Waals surface area (Å²) >= 11 is 6.25. The molecule has 3 aromatic rings. The highest BCUT2D eigenvalue weighted by Crippen LogP contribution is 2.35. The number of aromatic nitrogens is 1. The molecule has 3 rings (SSSR count). The molecule has 0 unspecified atom stereocenters. The highest BCUT2D eigenvalue weighted by atomic mass is 35.5. The molecular formula is C17H15ClN2O. The maximum atomic E-state index is 6.25. The Kier molecular flexibility index (Phi) is 3.78. The third-order valence-electron chi connectivity index (χ3n) is 3.32. The van der Waals surface area contributed by atoms with Crippen LogP contribution in [0.4, 0.5) is 0 Å². The fourth-order valence-electron chi connectivity index (χ4n) is 2.22. The number of hydrogen-bond acceptors (Lipinski definition) is 3. The van der Waals surface area contributed by atoms with Crippen molar-refractivity contribution in [3.05, 3.63) is 64.8 Å². The zero-order chi connectivity index (χ0) is 14.8. The summed E-state index contributed by atoms with van der Waals surface area (Å²) in [7, 11) is 0. The monoisotopic (exact) mass is 298 g/mol. The first-order chi connectivity index (χ1) is 10.2. The number of aryl methyl sites for hydroxylation is 1. The number of fused-ring (bicyclic) bond motifs is 1. The third kappa shape index (κ3) is 2.71. The molecule has 0 amide bonds. The van der Waals surface area contributed by atoms with E-state index in [1.54, 1.807) is 6.20 Å². The Bertz CT molecular complexity index is 802. The summed E-state index contributed by atoms with van der Waals surface area (Å²) in [4.78, 5) is 4.40. The Morgan fingerprint density at radius 1 is 1.19 bits per heavy atom. The predicted molar refractivity (Wildman–Crippen MR) is 85.9 cm³/mol. The second-order valence-electron chi connectivity index (χ2n) is 4.87. The topological polar surface area (TPSA) is 48.1 Å². The molecule has 0 spiro atoms. The number of nitrogens with zero attached hydrogens (tertiary/aromatic N) is 1. The minimum Gasteiger partial charge on any atom is -0.455 e. The number of nitrogens with two attached hydrogens (primary N) is 1. The third-order valence-corrected chi connectivity index (χ3v) is 3.61. The smallest absolute Gasteiger partial charge is 0.146 e. The average molecular weight is 299 g/mol. The van der Waals surface area contributed by atoms with Crippen molar-refractivity contribution in [2.75, 3.05) is 0 Å². The van der Waals surface area contributed by atoms with E-state index >= 15 is 0 Å². The van der Waals surface area contributed by atoms with E-state index in [-0.39, 0.29) is 0 Å². The van der Waals surface area contributed by atoms with Crippen LogP contribution in [-0.4, -0.2) is 4.98 Å². The van der Waals surface area contributed by atoms with Crippen molar-refractivity contribution in [1.29, 1.82) is 0 Å². The summed E-state index contributed by atoms with van der Waals surface area (Å²) in [5.41, 5.74) is 8.61. The van der Waals surface area contributed by atoms with Crippen LogP contribution in [0.25, 0.3) is 10.9 Å². The van der Waals surface area contributed by atoms with Gasteiger partial charge in [0.15, 0.2) is 0 Å². The quantitative estimate of drug-likeness (QED) is 0.777. The molecule has 0 bridgehead atoms. The zero-order valence-electron chi connectivity index (χ0n) is 11.6. The number of rotatable bonds is 3. The molecule has 0 fully saturated rings. The van der Waals surface area contributed by atoms with E-state index < -0.39 is 0 Å². The first-order valence-electron chi connectivity index (χ1n) is 6.69. The molecule has 3 nitrogen and oxygen atoms in total. The summed E-state index contributed by atoms with van der Waals surface area (Å²) in [5.74, 6) is 1.34. The molecule has 1 heterocycles. The van der Waals surface area contributed by atoms with E-state index in [9.17, 15) is 0 Å². The van der Waals surface area contributed by atoms with Gasteiger partial charge in [0.1, 0.15) is 11.5 Å². The maximum absolute atomic E-state index is 6.25. The van der Waals surface area contributed by atoms with Crippen LogP contribution in [0.5, 0.6) is 11.5 Å². The number of benzene rings is 2. The number of halogens is 1. The molecule has 0 saturated heterocycles. The zero-order valence-corrected chi connectivity index (χ0v) is 12.4. The lowest BCUT2D eigenvalue weighted by atomic mass is 10.1. The Morgan fingerprint density at radius 2 is 2.00 bits per heavy atom. The van der Waals surface area contributed by atoms with Gasteiger partial charge in [-0.3, -0.25) is 4.98 Å². The molecule has 0 aliphatic rings. The van der Waals surface area contributed by atoms with Gasteiger partial charge in [0.05, 0.1) is 10.5 Å². The Hall–Kier alpha value is -2.10. The largest absolute Gasteiger partial charge is 0.455 e. The molecule has 21 heavy (non-hydrogen) atoms. The number of hydrogen-bond donors (Lipinski definition) is 1. The van der Waals surface area contributed by atoms with Gasteiger partial charge in [-0.05, 0) is 36.8 Å². The minimum atomic E-state index is 0.358. The van der Waals surface area contributed by atoms with Gasteiger partial charge in [-0.15, -0.1) is 0 Å².